The lowest BCUT2D eigenvalue weighted by atomic mass is 9.84. The first-order chi connectivity index (χ1) is 9.60. The van der Waals surface area contributed by atoms with Gasteiger partial charge in [0.1, 0.15) is 11.3 Å². The van der Waals surface area contributed by atoms with E-state index in [1.165, 1.54) is 25.7 Å². The summed E-state index contributed by atoms with van der Waals surface area (Å²) in [5.74, 6) is 3.00. The van der Waals surface area contributed by atoms with Crippen molar-refractivity contribution in [2.75, 3.05) is 0 Å². The van der Waals surface area contributed by atoms with E-state index in [2.05, 4.69) is 17.4 Å². The molecule has 0 radical (unpaired) electrons. The fourth-order valence-corrected chi connectivity index (χ4v) is 4.24. The molecule has 1 aromatic heterocycles. The molecule has 0 saturated heterocycles. The second kappa shape index (κ2) is 5.23. The molecule has 1 aromatic rings. The Hall–Kier alpha value is -1.32. The first-order valence-corrected chi connectivity index (χ1v) is 7.86. The zero-order chi connectivity index (χ0) is 14.3. The van der Waals surface area contributed by atoms with Crippen LogP contribution >= 0.6 is 0 Å². The van der Waals surface area contributed by atoms with Gasteiger partial charge in [0.15, 0.2) is 0 Å². The lowest BCUT2D eigenvalue weighted by molar-refractivity contribution is 0.0913. The standard InChI is InChI=1S/C16H24N2O2/c1-4-14-15(10(3)20-18-14)16(19)17-9(2)13-8-11-5-6-12(13)7-11/h9,11-13H,4-8H2,1-3H3,(H,17,19)/t9-,11-,12-,13-/m0/s1. The third-order valence-corrected chi connectivity index (χ3v) is 5.29. The minimum Gasteiger partial charge on any atom is -0.361 e. The highest BCUT2D eigenvalue weighted by Gasteiger charge is 2.42. The second-order valence-corrected chi connectivity index (χ2v) is 6.51. The predicted molar refractivity (Wildman–Crippen MR) is 76.5 cm³/mol. The molecule has 2 saturated carbocycles. The molecule has 1 N–H and O–H groups in total. The van der Waals surface area contributed by atoms with Gasteiger partial charge in [-0.3, -0.25) is 4.79 Å². The van der Waals surface area contributed by atoms with Gasteiger partial charge >= 0.3 is 0 Å². The van der Waals surface area contributed by atoms with Crippen molar-refractivity contribution >= 4 is 5.91 Å². The number of nitrogens with one attached hydrogen (secondary N) is 1. The number of rotatable bonds is 4. The molecule has 1 heterocycles. The number of nitrogens with zero attached hydrogens (tertiary/aromatic N) is 1. The molecule has 4 heteroatoms. The van der Waals surface area contributed by atoms with Gasteiger partial charge in [0.2, 0.25) is 0 Å². The minimum atomic E-state index is -0.0177. The predicted octanol–water partition coefficient (Wildman–Crippen LogP) is 3.10. The number of carbonyl (C=O) groups is 1. The highest BCUT2D eigenvalue weighted by molar-refractivity contribution is 5.96. The zero-order valence-electron chi connectivity index (χ0n) is 12.6. The van der Waals surface area contributed by atoms with Crippen LogP contribution in [-0.4, -0.2) is 17.1 Å². The van der Waals surface area contributed by atoms with Gasteiger partial charge in [-0.2, -0.15) is 0 Å². The Kier molecular flexibility index (Phi) is 3.57. The van der Waals surface area contributed by atoms with Crippen molar-refractivity contribution in [2.24, 2.45) is 17.8 Å². The molecule has 2 aliphatic rings. The number of fused-ring (bicyclic) bond motifs is 2. The summed E-state index contributed by atoms with van der Waals surface area (Å²) >= 11 is 0. The average Bonchev–Trinajstić information content (AvgIpc) is 3.12. The monoisotopic (exact) mass is 276 g/mol. The van der Waals surface area contributed by atoms with Gasteiger partial charge in [-0.15, -0.1) is 0 Å². The van der Waals surface area contributed by atoms with Crippen LogP contribution in [0.4, 0.5) is 0 Å². The lowest BCUT2D eigenvalue weighted by Gasteiger charge is -2.28. The van der Waals surface area contributed by atoms with Gasteiger partial charge in [-0.1, -0.05) is 18.5 Å². The van der Waals surface area contributed by atoms with Crippen LogP contribution < -0.4 is 5.32 Å². The fraction of sp³-hybridized carbons (Fsp3) is 0.750. The van der Waals surface area contributed by atoms with Gasteiger partial charge in [0.05, 0.1) is 5.69 Å². The second-order valence-electron chi connectivity index (χ2n) is 6.51. The van der Waals surface area contributed by atoms with Crippen molar-refractivity contribution in [1.29, 1.82) is 0 Å². The highest BCUT2D eigenvalue weighted by atomic mass is 16.5. The Morgan fingerprint density at radius 3 is 2.85 bits per heavy atom. The summed E-state index contributed by atoms with van der Waals surface area (Å²) in [4.78, 5) is 12.5. The molecule has 0 spiro atoms. The molecule has 2 aliphatic carbocycles. The van der Waals surface area contributed by atoms with E-state index in [-0.39, 0.29) is 11.9 Å². The molecule has 2 fully saturated rings. The maximum atomic E-state index is 12.5. The van der Waals surface area contributed by atoms with Gasteiger partial charge in [0, 0.05) is 6.04 Å². The number of aromatic nitrogens is 1. The smallest absolute Gasteiger partial charge is 0.257 e. The van der Waals surface area contributed by atoms with Crippen LogP contribution in [0.5, 0.6) is 0 Å². The average molecular weight is 276 g/mol. The Morgan fingerprint density at radius 1 is 1.45 bits per heavy atom. The van der Waals surface area contributed by atoms with Crippen molar-refractivity contribution < 1.29 is 9.32 Å². The van der Waals surface area contributed by atoms with Crippen LogP contribution in [0.15, 0.2) is 4.52 Å². The molecule has 4 nitrogen and oxygen atoms in total. The molecule has 4 atom stereocenters. The maximum absolute atomic E-state index is 12.5. The van der Waals surface area contributed by atoms with Gasteiger partial charge < -0.3 is 9.84 Å². The summed E-state index contributed by atoms with van der Waals surface area (Å²) in [7, 11) is 0. The number of aryl methyl sites for hydroxylation is 2. The number of carbonyl (C=O) groups excluding carboxylic acids is 1. The van der Waals surface area contributed by atoms with E-state index in [1.807, 2.05) is 13.8 Å². The van der Waals surface area contributed by atoms with E-state index >= 15 is 0 Å². The van der Waals surface area contributed by atoms with Crippen LogP contribution in [0.25, 0.3) is 0 Å². The first-order valence-electron chi connectivity index (χ1n) is 7.86. The van der Waals surface area contributed by atoms with Crippen LogP contribution in [-0.2, 0) is 6.42 Å². The summed E-state index contributed by atoms with van der Waals surface area (Å²) in [6, 6.07) is 0.247. The third kappa shape index (κ3) is 2.25. The van der Waals surface area contributed by atoms with Crippen LogP contribution in [0.2, 0.25) is 0 Å². The van der Waals surface area contributed by atoms with Crippen LogP contribution in [0, 0.1) is 24.7 Å². The number of hydrogen-bond acceptors (Lipinski definition) is 3. The Balaban J connectivity index is 1.68. The quantitative estimate of drug-likeness (QED) is 0.919. The van der Waals surface area contributed by atoms with Gasteiger partial charge in [0.25, 0.3) is 5.91 Å². The highest BCUT2D eigenvalue weighted by Crippen LogP contribution is 2.49. The Morgan fingerprint density at radius 2 is 2.25 bits per heavy atom. The van der Waals surface area contributed by atoms with Crippen LogP contribution in [0.1, 0.15) is 61.3 Å². The van der Waals surface area contributed by atoms with E-state index < -0.39 is 0 Å². The van der Waals surface area contributed by atoms with Crippen molar-refractivity contribution in [1.82, 2.24) is 10.5 Å². The molecule has 110 valence electrons. The van der Waals surface area contributed by atoms with Crippen molar-refractivity contribution in [3.63, 3.8) is 0 Å². The molecule has 0 unspecified atom stereocenters. The lowest BCUT2D eigenvalue weighted by Crippen LogP contribution is -2.40. The molecular formula is C16H24N2O2. The topological polar surface area (TPSA) is 55.1 Å². The van der Waals surface area contributed by atoms with Gasteiger partial charge in [-0.05, 0) is 57.3 Å². The van der Waals surface area contributed by atoms with E-state index in [0.29, 0.717) is 17.2 Å². The van der Waals surface area contributed by atoms with Crippen molar-refractivity contribution in [3.8, 4) is 0 Å². The normalized spacial score (nSPS) is 29.6. The Bertz CT molecular complexity index is 509. The Labute approximate surface area is 120 Å². The van der Waals surface area contributed by atoms with E-state index in [9.17, 15) is 4.79 Å². The zero-order valence-corrected chi connectivity index (χ0v) is 12.6. The molecule has 2 bridgehead atoms. The minimum absolute atomic E-state index is 0.0177. The third-order valence-electron chi connectivity index (χ3n) is 5.29. The number of amides is 1. The summed E-state index contributed by atoms with van der Waals surface area (Å²) in [6.07, 6.45) is 6.13. The molecule has 20 heavy (non-hydrogen) atoms. The van der Waals surface area contributed by atoms with E-state index in [1.54, 1.807) is 0 Å². The summed E-state index contributed by atoms with van der Waals surface area (Å²) in [6.45, 7) is 5.95. The fourth-order valence-electron chi connectivity index (χ4n) is 4.24. The number of hydrogen-bond donors (Lipinski definition) is 1. The first kappa shape index (κ1) is 13.7. The molecule has 0 aliphatic heterocycles. The van der Waals surface area contributed by atoms with Gasteiger partial charge in [-0.25, -0.2) is 0 Å². The van der Waals surface area contributed by atoms with E-state index in [0.717, 1.165) is 24.0 Å². The van der Waals surface area contributed by atoms with Crippen molar-refractivity contribution in [3.05, 3.63) is 17.0 Å². The molecule has 1 amide bonds. The molecule has 3 rings (SSSR count). The maximum Gasteiger partial charge on any atom is 0.257 e. The molecule has 0 aromatic carbocycles. The summed E-state index contributed by atoms with van der Waals surface area (Å²) in [5, 5.41) is 7.15. The van der Waals surface area contributed by atoms with E-state index in [4.69, 9.17) is 4.52 Å². The SMILES string of the molecule is CCc1noc(C)c1C(=O)N[C@@H](C)[C@@H]1C[C@H]2CC[C@H]1C2. The molecular weight excluding hydrogens is 252 g/mol. The summed E-state index contributed by atoms with van der Waals surface area (Å²) in [5.41, 5.74) is 1.41. The summed E-state index contributed by atoms with van der Waals surface area (Å²) < 4.78 is 5.15. The largest absolute Gasteiger partial charge is 0.361 e. The van der Waals surface area contributed by atoms with Crippen molar-refractivity contribution in [2.45, 2.75) is 58.9 Å². The van der Waals surface area contributed by atoms with Crippen LogP contribution in [0.3, 0.4) is 0 Å².